The molecule has 3 rings (SSSR count). The second-order valence-corrected chi connectivity index (χ2v) is 8.81. The van der Waals surface area contributed by atoms with Gasteiger partial charge in [-0.3, -0.25) is 0 Å². The average molecular weight is 483 g/mol. The number of nitrogens with one attached hydrogen (secondary N) is 1. The molecular formula is C25H26N2O6S. The van der Waals surface area contributed by atoms with Crippen LogP contribution in [0.4, 0.5) is 0 Å². The molecule has 0 radical (unpaired) electrons. The van der Waals surface area contributed by atoms with E-state index in [1.54, 1.807) is 61.5 Å². The van der Waals surface area contributed by atoms with Crippen molar-refractivity contribution in [3.8, 4) is 17.2 Å². The predicted molar refractivity (Wildman–Crippen MR) is 129 cm³/mol. The summed E-state index contributed by atoms with van der Waals surface area (Å²) in [4.78, 5) is 14.8. The summed E-state index contributed by atoms with van der Waals surface area (Å²) in [6.45, 7) is 6.43. The van der Waals surface area contributed by atoms with Crippen LogP contribution < -0.4 is 19.0 Å². The van der Waals surface area contributed by atoms with Gasteiger partial charge in [0.1, 0.15) is 5.75 Å². The Hall–Kier alpha value is -3.85. The van der Waals surface area contributed by atoms with E-state index in [4.69, 9.17) is 14.2 Å². The van der Waals surface area contributed by atoms with E-state index in [2.05, 4.69) is 9.93 Å². The Kier molecular flexibility index (Phi) is 8.26. The van der Waals surface area contributed by atoms with Crippen molar-refractivity contribution in [2.75, 3.05) is 13.2 Å². The molecule has 3 aromatic carbocycles. The number of aryl methyl sites for hydroxylation is 1. The molecule has 178 valence electrons. The number of benzene rings is 3. The zero-order chi connectivity index (χ0) is 24.6. The largest absolute Gasteiger partial charge is 0.494 e. The van der Waals surface area contributed by atoms with E-state index >= 15 is 0 Å². The Morgan fingerprint density at radius 1 is 0.912 bits per heavy atom. The molecule has 1 N–H and O–H groups in total. The number of nitrogens with zero attached hydrogens (tertiary/aromatic N) is 1. The molecule has 0 heterocycles. The minimum atomic E-state index is -3.79. The van der Waals surface area contributed by atoms with E-state index in [1.807, 2.05) is 13.8 Å². The number of hydrazone groups is 1. The van der Waals surface area contributed by atoms with Gasteiger partial charge in [-0.05, 0) is 80.9 Å². The molecule has 0 aliphatic rings. The van der Waals surface area contributed by atoms with E-state index in [0.29, 0.717) is 35.8 Å². The summed E-state index contributed by atoms with van der Waals surface area (Å²) in [5, 5.41) is 3.84. The normalized spacial score (nSPS) is 11.3. The van der Waals surface area contributed by atoms with Crippen LogP contribution in [0, 0.1) is 6.92 Å². The Labute approximate surface area is 199 Å². The van der Waals surface area contributed by atoms with Gasteiger partial charge >= 0.3 is 5.97 Å². The maximum Gasteiger partial charge on any atom is 0.343 e. The summed E-state index contributed by atoms with van der Waals surface area (Å²) < 4.78 is 41.2. The van der Waals surface area contributed by atoms with Crippen LogP contribution in [0.2, 0.25) is 0 Å². The van der Waals surface area contributed by atoms with Gasteiger partial charge in [-0.2, -0.15) is 13.5 Å². The van der Waals surface area contributed by atoms with Gasteiger partial charge in [0.05, 0.1) is 29.9 Å². The number of esters is 1. The number of sulfonamides is 1. The van der Waals surface area contributed by atoms with Crippen LogP contribution in [0.15, 0.2) is 76.7 Å². The van der Waals surface area contributed by atoms with Crippen molar-refractivity contribution in [3.63, 3.8) is 0 Å². The Balaban J connectivity index is 1.71. The summed E-state index contributed by atoms with van der Waals surface area (Å²) in [5.41, 5.74) is 1.87. The molecule has 34 heavy (non-hydrogen) atoms. The van der Waals surface area contributed by atoms with Crippen molar-refractivity contribution in [2.24, 2.45) is 5.10 Å². The minimum absolute atomic E-state index is 0.113. The van der Waals surface area contributed by atoms with Crippen molar-refractivity contribution >= 4 is 22.2 Å². The Bertz CT molecular complexity index is 1250. The third-order valence-electron chi connectivity index (χ3n) is 4.59. The number of carbonyl (C=O) groups is 1. The molecule has 0 unspecified atom stereocenters. The van der Waals surface area contributed by atoms with Gasteiger partial charge < -0.3 is 14.2 Å². The van der Waals surface area contributed by atoms with Crippen molar-refractivity contribution in [3.05, 3.63) is 83.4 Å². The average Bonchev–Trinajstić information content (AvgIpc) is 2.81. The molecule has 0 saturated heterocycles. The lowest BCUT2D eigenvalue weighted by atomic mass is 10.2. The first-order valence-electron chi connectivity index (χ1n) is 10.7. The van der Waals surface area contributed by atoms with E-state index in [1.165, 1.54) is 18.3 Å². The highest BCUT2D eigenvalue weighted by molar-refractivity contribution is 7.89. The van der Waals surface area contributed by atoms with Gasteiger partial charge in [0.25, 0.3) is 10.0 Å². The highest BCUT2D eigenvalue weighted by Gasteiger charge is 2.14. The highest BCUT2D eigenvalue weighted by Crippen LogP contribution is 2.29. The lowest BCUT2D eigenvalue weighted by Gasteiger charge is -2.11. The molecule has 0 aromatic heterocycles. The van der Waals surface area contributed by atoms with Crippen molar-refractivity contribution in [1.29, 1.82) is 0 Å². The summed E-state index contributed by atoms with van der Waals surface area (Å²) in [7, 11) is -3.79. The first-order valence-corrected chi connectivity index (χ1v) is 12.1. The molecule has 0 spiro atoms. The third kappa shape index (κ3) is 6.58. The SMILES string of the molecule is CCOc1ccc(C(=O)Oc2ccc(/C=N/NS(=O)(=O)c3ccc(C)cc3)cc2OCC)cc1. The monoisotopic (exact) mass is 482 g/mol. The summed E-state index contributed by atoms with van der Waals surface area (Å²) in [5.74, 6) is 0.678. The van der Waals surface area contributed by atoms with Crippen LogP contribution >= 0.6 is 0 Å². The molecule has 0 bridgehead atoms. The summed E-state index contributed by atoms with van der Waals surface area (Å²) in [6, 6.07) is 17.9. The summed E-state index contributed by atoms with van der Waals surface area (Å²) >= 11 is 0. The van der Waals surface area contributed by atoms with Crippen molar-refractivity contribution < 1.29 is 27.4 Å². The van der Waals surface area contributed by atoms with Crippen molar-refractivity contribution in [1.82, 2.24) is 4.83 Å². The fourth-order valence-electron chi connectivity index (χ4n) is 2.91. The second kappa shape index (κ2) is 11.3. The molecule has 0 atom stereocenters. The van der Waals surface area contributed by atoms with Crippen LogP contribution in [0.3, 0.4) is 0 Å². The van der Waals surface area contributed by atoms with Gasteiger partial charge in [-0.25, -0.2) is 9.63 Å². The predicted octanol–water partition coefficient (Wildman–Crippen LogP) is 4.32. The van der Waals surface area contributed by atoms with Crippen LogP contribution in [0.1, 0.15) is 35.3 Å². The molecule has 3 aromatic rings. The molecule has 0 saturated carbocycles. The molecule has 8 nitrogen and oxygen atoms in total. The number of rotatable bonds is 10. The lowest BCUT2D eigenvalue weighted by Crippen LogP contribution is -2.18. The topological polar surface area (TPSA) is 103 Å². The maximum absolute atomic E-state index is 12.5. The minimum Gasteiger partial charge on any atom is -0.494 e. The highest BCUT2D eigenvalue weighted by atomic mass is 32.2. The maximum atomic E-state index is 12.5. The Morgan fingerprint density at radius 2 is 1.59 bits per heavy atom. The Morgan fingerprint density at radius 3 is 2.24 bits per heavy atom. The van der Waals surface area contributed by atoms with Gasteiger partial charge in [0, 0.05) is 0 Å². The van der Waals surface area contributed by atoms with E-state index in [0.717, 1.165) is 5.56 Å². The first-order chi connectivity index (χ1) is 16.3. The zero-order valence-electron chi connectivity index (χ0n) is 19.1. The van der Waals surface area contributed by atoms with Crippen LogP contribution in [-0.2, 0) is 10.0 Å². The van der Waals surface area contributed by atoms with Gasteiger partial charge in [0.15, 0.2) is 11.5 Å². The molecular weight excluding hydrogens is 456 g/mol. The van der Waals surface area contributed by atoms with Crippen LogP contribution in [0.5, 0.6) is 17.2 Å². The standard InChI is InChI=1S/C25H26N2O6S/c1-4-31-21-11-9-20(10-12-21)25(28)33-23-15-8-19(16-24(23)32-5-2)17-26-27-34(29,30)22-13-6-18(3)7-14-22/h6-17,27H,4-5H2,1-3H3/b26-17+. The van der Waals surface area contributed by atoms with Crippen LogP contribution in [-0.4, -0.2) is 33.8 Å². The van der Waals surface area contributed by atoms with Crippen LogP contribution in [0.25, 0.3) is 0 Å². The second-order valence-electron chi connectivity index (χ2n) is 7.15. The number of hydrogen-bond acceptors (Lipinski definition) is 7. The van der Waals surface area contributed by atoms with Gasteiger partial charge in [-0.1, -0.05) is 17.7 Å². The fourth-order valence-corrected chi connectivity index (χ4v) is 3.70. The number of carbonyl (C=O) groups excluding carboxylic acids is 1. The molecule has 0 aliphatic heterocycles. The third-order valence-corrected chi connectivity index (χ3v) is 5.83. The first kappa shape index (κ1) is 24.8. The molecule has 0 aliphatic carbocycles. The fraction of sp³-hybridized carbons (Fsp3) is 0.200. The summed E-state index contributed by atoms with van der Waals surface area (Å²) in [6.07, 6.45) is 1.34. The van der Waals surface area contributed by atoms with Gasteiger partial charge in [0.2, 0.25) is 0 Å². The molecule has 0 amide bonds. The zero-order valence-corrected chi connectivity index (χ0v) is 20.0. The van der Waals surface area contributed by atoms with E-state index in [-0.39, 0.29) is 10.6 Å². The quantitative estimate of drug-likeness (QED) is 0.200. The smallest absolute Gasteiger partial charge is 0.343 e. The van der Waals surface area contributed by atoms with E-state index in [9.17, 15) is 13.2 Å². The molecule has 0 fully saturated rings. The lowest BCUT2D eigenvalue weighted by molar-refractivity contribution is 0.0728. The van der Waals surface area contributed by atoms with Crippen molar-refractivity contribution in [2.45, 2.75) is 25.7 Å². The number of ether oxygens (including phenoxy) is 3. The van der Waals surface area contributed by atoms with Gasteiger partial charge in [-0.15, -0.1) is 0 Å². The molecule has 9 heteroatoms. The number of hydrogen-bond donors (Lipinski definition) is 1. The van der Waals surface area contributed by atoms with E-state index < -0.39 is 16.0 Å².